The van der Waals surface area contributed by atoms with Crippen molar-refractivity contribution in [3.05, 3.63) is 0 Å². The molecule has 2 nitrogen and oxygen atoms in total. The zero-order valence-electron chi connectivity index (χ0n) is 2.56. The van der Waals surface area contributed by atoms with Crippen LogP contribution >= 0.6 is 9.12 Å². The average molecular weight is 82.0 g/mol. The Balaban J connectivity index is 0. The molecule has 28 valence electrons. The van der Waals surface area contributed by atoms with Gasteiger partial charge in [-0.2, -0.15) is 0 Å². The summed E-state index contributed by atoms with van der Waals surface area (Å²) in [5.41, 5.74) is 0. The van der Waals surface area contributed by atoms with E-state index in [-0.39, 0.29) is 0 Å². The second-order valence-corrected chi connectivity index (χ2v) is 0. The zero-order chi connectivity index (χ0) is 4.00. The van der Waals surface area contributed by atoms with Gasteiger partial charge in [-0.05, 0) is 0 Å². The van der Waals surface area contributed by atoms with E-state index in [9.17, 15) is 0 Å². The van der Waals surface area contributed by atoms with Gasteiger partial charge in [0.2, 0.25) is 0 Å². The minimum Gasteiger partial charge on any atom is -0.400 e. The highest BCUT2D eigenvalue weighted by Gasteiger charge is 0.839. The van der Waals surface area contributed by atoms with E-state index in [0.717, 1.165) is 7.11 Å². The molecule has 0 spiro atoms. The summed E-state index contributed by atoms with van der Waals surface area (Å²) in [6.45, 7) is 0. The largest absolute Gasteiger partial charge is 0.400 e. The average Bonchev–Trinajstić information content (AvgIpc) is 1.50. The van der Waals surface area contributed by atoms with Crippen LogP contribution in [0.4, 0.5) is 0 Å². The lowest BCUT2D eigenvalue weighted by Crippen LogP contribution is -1.25. The Morgan fingerprint density at radius 3 is 1.50 bits per heavy atom. The van der Waals surface area contributed by atoms with Crippen LogP contribution in [0.5, 0.6) is 0 Å². The molecule has 0 heterocycles. The van der Waals surface area contributed by atoms with Gasteiger partial charge in [0.25, 0.3) is 0 Å². The lowest BCUT2D eigenvalue weighted by molar-refractivity contribution is 0.399. The van der Waals surface area contributed by atoms with Crippen LogP contribution in [0, 0.1) is 0 Å². The van der Waals surface area contributed by atoms with Crippen molar-refractivity contribution in [2.45, 2.75) is 0 Å². The van der Waals surface area contributed by atoms with E-state index in [4.69, 9.17) is 9.67 Å². The van der Waals surface area contributed by atoms with Crippen LogP contribution in [0.25, 0.3) is 0 Å². The minimum absolute atomic E-state index is 0.611. The summed E-state index contributed by atoms with van der Waals surface area (Å²) in [5.74, 6) is 0. The molecule has 1 atom stereocenters. The van der Waals surface area contributed by atoms with Crippen molar-refractivity contribution in [2.75, 3.05) is 7.11 Å². The smallest absolute Gasteiger partial charge is 0.0527 e. The summed E-state index contributed by atoms with van der Waals surface area (Å²) in [6.07, 6.45) is 0. The van der Waals surface area contributed by atoms with E-state index in [1.54, 1.807) is 0 Å². The van der Waals surface area contributed by atoms with Crippen LogP contribution in [-0.2, 0) is 4.57 Å². The summed E-state index contributed by atoms with van der Waals surface area (Å²) < 4.78 is 8.28. The molecule has 0 aliphatic rings. The van der Waals surface area contributed by atoms with E-state index in [0.29, 0.717) is 9.12 Å². The van der Waals surface area contributed by atoms with E-state index >= 15 is 0 Å². The number of hydrogen-bond donors (Lipinski definition) is 1. The molecule has 0 amide bonds. The van der Waals surface area contributed by atoms with Crippen molar-refractivity contribution < 1.29 is 9.67 Å². The molecule has 0 fully saturated rings. The molecule has 0 radical (unpaired) electrons. The summed E-state index contributed by atoms with van der Waals surface area (Å²) in [7, 11) is 1.61. The highest BCUT2D eigenvalue weighted by Crippen LogP contribution is 1.23. The van der Waals surface area contributed by atoms with Crippen LogP contribution in [0.1, 0.15) is 0 Å². The van der Waals surface area contributed by atoms with Crippen LogP contribution < -0.4 is 0 Å². The molecule has 0 bridgehead atoms. The maximum absolute atomic E-state index is 8.28. The third kappa shape index (κ3) is 85.9. The fourth-order valence-electron chi connectivity index (χ4n) is 0. The van der Waals surface area contributed by atoms with Crippen molar-refractivity contribution in [3.8, 4) is 0 Å². The van der Waals surface area contributed by atoms with Crippen molar-refractivity contribution in [1.29, 1.82) is 0 Å². The molecule has 3 heteroatoms. The topological polar surface area (TPSA) is 37.3 Å². The van der Waals surface area contributed by atoms with Crippen LogP contribution in [-0.4, -0.2) is 12.2 Å². The second kappa shape index (κ2) is 424. The predicted octanol–water partition coefficient (Wildman–Crippen LogP) is -0.452. The molecular weight excluding hydrogens is 75.0 g/mol. The summed E-state index contributed by atoms with van der Waals surface area (Å²) in [4.78, 5) is 0. The van der Waals surface area contributed by atoms with E-state index in [2.05, 4.69) is 0 Å². The number of rotatable bonds is 0. The van der Waals surface area contributed by atoms with Gasteiger partial charge in [-0.25, -0.2) is 0 Å². The van der Waals surface area contributed by atoms with Gasteiger partial charge in [0, 0.05) is 7.11 Å². The third-order valence-corrected chi connectivity index (χ3v) is 0. The molecule has 4 heavy (non-hydrogen) atoms. The first-order chi connectivity index (χ1) is 2.00. The Kier molecular flexibility index (Phi) is 942. The van der Waals surface area contributed by atoms with E-state index in [1.807, 2.05) is 0 Å². The standard InChI is InChI=1S/CH4O.H3OP/c2*1-2/h2H,1H3;2H3. The fourth-order valence-corrected chi connectivity index (χ4v) is 0. The van der Waals surface area contributed by atoms with Crippen molar-refractivity contribution in [2.24, 2.45) is 0 Å². The molecule has 0 saturated heterocycles. The van der Waals surface area contributed by atoms with Gasteiger partial charge in [-0.3, -0.25) is 0 Å². The molecule has 0 aromatic carbocycles. The molecule has 0 rings (SSSR count). The Bertz CT molecular complexity index is 6.00. The highest BCUT2D eigenvalue weighted by atomic mass is 31.0. The maximum Gasteiger partial charge on any atom is 0.0527 e. The van der Waals surface area contributed by atoms with Gasteiger partial charge in [0.15, 0.2) is 0 Å². The van der Waals surface area contributed by atoms with Crippen LogP contribution in [0.3, 0.4) is 0 Å². The monoisotopic (exact) mass is 82.0 g/mol. The minimum atomic E-state index is 0.611. The quantitative estimate of drug-likeness (QED) is 0.402. The number of hydrogen-bond acceptors (Lipinski definition) is 2. The van der Waals surface area contributed by atoms with E-state index < -0.39 is 0 Å². The first-order valence-electron chi connectivity index (χ1n) is 0.736. The molecule has 1 unspecified atom stereocenters. The second-order valence-electron chi connectivity index (χ2n) is 0. The van der Waals surface area contributed by atoms with Crippen LogP contribution in [0.2, 0.25) is 0 Å². The lowest BCUT2D eigenvalue weighted by Gasteiger charge is -1.21. The molecule has 0 aliphatic carbocycles. The molecule has 0 aliphatic heterocycles. The summed E-state index contributed by atoms with van der Waals surface area (Å²) >= 11 is 0. The van der Waals surface area contributed by atoms with Gasteiger partial charge < -0.3 is 9.67 Å². The molecular formula is CH7O2P. The first-order valence-corrected chi connectivity index (χ1v) is 1.31. The van der Waals surface area contributed by atoms with Gasteiger partial charge in [-0.15, -0.1) is 0 Å². The molecule has 0 aromatic rings. The van der Waals surface area contributed by atoms with Gasteiger partial charge in [0.05, 0.1) is 9.12 Å². The fraction of sp³-hybridized carbons (Fsp3) is 1.00. The molecule has 0 aromatic heterocycles. The highest BCUT2D eigenvalue weighted by molar-refractivity contribution is 7.00. The lowest BCUT2D eigenvalue weighted by atomic mass is 11.8. The summed E-state index contributed by atoms with van der Waals surface area (Å²) in [5, 5.41) is 7.00. The third-order valence-electron chi connectivity index (χ3n) is 0. The van der Waals surface area contributed by atoms with Gasteiger partial charge in [-0.1, -0.05) is 0 Å². The van der Waals surface area contributed by atoms with E-state index in [1.165, 1.54) is 0 Å². The maximum atomic E-state index is 8.28. The Labute approximate surface area is 27.1 Å². The zero-order valence-corrected chi connectivity index (χ0v) is 3.98. The SMILES string of the molecule is CO.O=[PH3]. The van der Waals surface area contributed by atoms with Gasteiger partial charge in [0.1, 0.15) is 0 Å². The Morgan fingerprint density at radius 2 is 1.50 bits per heavy atom. The van der Waals surface area contributed by atoms with Crippen molar-refractivity contribution in [3.63, 3.8) is 0 Å². The normalized spacial score (nSPS) is 3.50. The number of aliphatic hydroxyl groups excluding tert-OH is 1. The predicted molar refractivity (Wildman–Crippen MR) is 19.9 cm³/mol. The summed E-state index contributed by atoms with van der Waals surface area (Å²) in [6, 6.07) is 0. The Morgan fingerprint density at radius 1 is 1.50 bits per heavy atom. The molecule has 0 saturated carbocycles. The Hall–Kier alpha value is 0.190. The van der Waals surface area contributed by atoms with Crippen molar-refractivity contribution in [1.82, 2.24) is 0 Å². The van der Waals surface area contributed by atoms with Crippen LogP contribution in [0.15, 0.2) is 0 Å². The first kappa shape index (κ1) is 8.89. The number of aliphatic hydroxyl groups is 1. The molecule has 1 N–H and O–H groups in total. The van der Waals surface area contributed by atoms with Crippen molar-refractivity contribution >= 4 is 9.12 Å². The van der Waals surface area contributed by atoms with Gasteiger partial charge >= 0.3 is 0 Å².